The first-order valence-corrected chi connectivity index (χ1v) is 8.29. The Morgan fingerprint density at radius 1 is 1.43 bits per heavy atom. The standard InChI is InChI=1S/C16H26N4O/c1-3-13-7-6-12(2)20(13)16(21)15-8-10-19(18-15)14-5-4-9-17-11-14/h8,10,12-14,17H,3-7,9,11H2,1-2H3. The number of nitrogens with zero attached hydrogens (tertiary/aromatic N) is 3. The molecule has 0 spiro atoms. The van der Waals surface area contributed by atoms with Crippen molar-refractivity contribution in [3.8, 4) is 0 Å². The third-order valence-electron chi connectivity index (χ3n) is 4.96. The van der Waals surface area contributed by atoms with E-state index >= 15 is 0 Å². The highest BCUT2D eigenvalue weighted by Gasteiger charge is 2.34. The summed E-state index contributed by atoms with van der Waals surface area (Å²) in [6.07, 6.45) is 7.54. The Labute approximate surface area is 126 Å². The lowest BCUT2D eigenvalue weighted by Crippen LogP contribution is -2.40. The molecule has 2 fully saturated rings. The van der Waals surface area contributed by atoms with Crippen molar-refractivity contribution in [3.05, 3.63) is 18.0 Å². The molecule has 116 valence electrons. The predicted molar refractivity (Wildman–Crippen MR) is 82.3 cm³/mol. The summed E-state index contributed by atoms with van der Waals surface area (Å²) in [5.41, 5.74) is 0.604. The molecule has 0 radical (unpaired) electrons. The molecule has 2 aliphatic heterocycles. The fourth-order valence-corrected chi connectivity index (χ4v) is 3.69. The Morgan fingerprint density at radius 3 is 3.00 bits per heavy atom. The van der Waals surface area contributed by atoms with E-state index in [1.54, 1.807) is 0 Å². The molecule has 1 aromatic rings. The molecule has 2 saturated heterocycles. The molecule has 0 saturated carbocycles. The molecule has 5 nitrogen and oxygen atoms in total. The minimum atomic E-state index is 0.106. The monoisotopic (exact) mass is 290 g/mol. The van der Waals surface area contributed by atoms with Crippen LogP contribution in [-0.4, -0.2) is 45.8 Å². The van der Waals surface area contributed by atoms with Gasteiger partial charge in [0.1, 0.15) is 5.69 Å². The summed E-state index contributed by atoms with van der Waals surface area (Å²) in [6.45, 7) is 6.35. The van der Waals surface area contributed by atoms with E-state index in [1.807, 2.05) is 21.8 Å². The molecule has 5 heteroatoms. The minimum absolute atomic E-state index is 0.106. The third-order valence-corrected chi connectivity index (χ3v) is 4.96. The van der Waals surface area contributed by atoms with Gasteiger partial charge < -0.3 is 10.2 Å². The van der Waals surface area contributed by atoms with Crippen LogP contribution >= 0.6 is 0 Å². The van der Waals surface area contributed by atoms with E-state index in [4.69, 9.17) is 0 Å². The van der Waals surface area contributed by atoms with Crippen LogP contribution in [0.4, 0.5) is 0 Å². The van der Waals surface area contributed by atoms with Crippen LogP contribution in [0.25, 0.3) is 0 Å². The quantitative estimate of drug-likeness (QED) is 0.928. The molecular weight excluding hydrogens is 264 g/mol. The summed E-state index contributed by atoms with van der Waals surface area (Å²) in [4.78, 5) is 14.8. The average molecular weight is 290 g/mol. The van der Waals surface area contributed by atoms with E-state index in [0.717, 1.165) is 38.8 Å². The number of hydrogen-bond acceptors (Lipinski definition) is 3. The zero-order valence-corrected chi connectivity index (χ0v) is 13.1. The van der Waals surface area contributed by atoms with Crippen molar-refractivity contribution >= 4 is 5.91 Å². The van der Waals surface area contributed by atoms with Crippen molar-refractivity contribution in [1.29, 1.82) is 0 Å². The van der Waals surface area contributed by atoms with Crippen molar-refractivity contribution in [2.24, 2.45) is 0 Å². The largest absolute Gasteiger partial charge is 0.332 e. The second-order valence-electron chi connectivity index (χ2n) is 6.38. The zero-order valence-electron chi connectivity index (χ0n) is 13.1. The molecule has 3 unspecified atom stereocenters. The van der Waals surface area contributed by atoms with E-state index in [-0.39, 0.29) is 5.91 Å². The normalized spacial score (nSPS) is 29.8. The van der Waals surface area contributed by atoms with Gasteiger partial charge >= 0.3 is 0 Å². The lowest BCUT2D eigenvalue weighted by Gasteiger charge is -2.27. The summed E-state index contributed by atoms with van der Waals surface area (Å²) in [5, 5.41) is 7.96. The van der Waals surface area contributed by atoms with Crippen LogP contribution in [0.1, 0.15) is 62.5 Å². The molecule has 0 aromatic carbocycles. The molecule has 1 amide bonds. The van der Waals surface area contributed by atoms with Crippen molar-refractivity contribution < 1.29 is 4.79 Å². The summed E-state index contributed by atoms with van der Waals surface area (Å²) in [7, 11) is 0. The Bertz CT molecular complexity index is 492. The molecule has 1 N–H and O–H groups in total. The van der Waals surface area contributed by atoms with Gasteiger partial charge in [0, 0.05) is 24.8 Å². The number of piperidine rings is 1. The van der Waals surface area contributed by atoms with Gasteiger partial charge in [0.25, 0.3) is 5.91 Å². The summed E-state index contributed by atoms with van der Waals surface area (Å²) in [5.74, 6) is 0.106. The number of hydrogen-bond donors (Lipinski definition) is 1. The highest BCUT2D eigenvalue weighted by molar-refractivity contribution is 5.92. The van der Waals surface area contributed by atoms with Crippen LogP contribution in [0.5, 0.6) is 0 Å². The Balaban J connectivity index is 1.74. The Hall–Kier alpha value is -1.36. The number of carbonyl (C=O) groups excluding carboxylic acids is 1. The lowest BCUT2D eigenvalue weighted by molar-refractivity contribution is 0.0668. The molecule has 21 heavy (non-hydrogen) atoms. The topological polar surface area (TPSA) is 50.2 Å². The first-order chi connectivity index (χ1) is 10.2. The SMILES string of the molecule is CCC1CCC(C)N1C(=O)c1ccn(C2CCCNC2)n1. The predicted octanol–water partition coefficient (Wildman–Crippen LogP) is 2.21. The maximum Gasteiger partial charge on any atom is 0.274 e. The summed E-state index contributed by atoms with van der Waals surface area (Å²) < 4.78 is 1.97. The van der Waals surface area contributed by atoms with Crippen molar-refractivity contribution in [3.63, 3.8) is 0 Å². The smallest absolute Gasteiger partial charge is 0.274 e. The van der Waals surface area contributed by atoms with Gasteiger partial charge in [-0.15, -0.1) is 0 Å². The third kappa shape index (κ3) is 2.84. The van der Waals surface area contributed by atoms with Crippen LogP contribution in [0.3, 0.4) is 0 Å². The van der Waals surface area contributed by atoms with Gasteiger partial charge in [-0.25, -0.2) is 0 Å². The van der Waals surface area contributed by atoms with Crippen LogP contribution < -0.4 is 5.32 Å². The number of aromatic nitrogens is 2. The van der Waals surface area contributed by atoms with Crippen LogP contribution in [0.2, 0.25) is 0 Å². The number of carbonyl (C=O) groups is 1. The lowest BCUT2D eigenvalue weighted by atomic mass is 10.1. The first-order valence-electron chi connectivity index (χ1n) is 8.29. The highest BCUT2D eigenvalue weighted by atomic mass is 16.2. The van der Waals surface area contributed by atoms with E-state index < -0.39 is 0 Å². The molecule has 0 bridgehead atoms. The molecule has 3 rings (SSSR count). The molecular formula is C16H26N4O. The van der Waals surface area contributed by atoms with Gasteiger partial charge in [-0.05, 0) is 51.6 Å². The van der Waals surface area contributed by atoms with Gasteiger partial charge in [-0.1, -0.05) is 6.92 Å². The van der Waals surface area contributed by atoms with E-state index in [9.17, 15) is 4.79 Å². The van der Waals surface area contributed by atoms with Gasteiger partial charge in [0.15, 0.2) is 0 Å². The van der Waals surface area contributed by atoms with E-state index in [1.165, 1.54) is 6.42 Å². The Kier molecular flexibility index (Phi) is 4.29. The number of rotatable bonds is 3. The summed E-state index contributed by atoms with van der Waals surface area (Å²) in [6, 6.07) is 2.99. The second kappa shape index (κ2) is 6.18. The van der Waals surface area contributed by atoms with Crippen molar-refractivity contribution in [2.75, 3.05) is 13.1 Å². The van der Waals surface area contributed by atoms with Crippen LogP contribution in [0, 0.1) is 0 Å². The van der Waals surface area contributed by atoms with Crippen LogP contribution in [0.15, 0.2) is 12.3 Å². The Morgan fingerprint density at radius 2 is 2.29 bits per heavy atom. The fourth-order valence-electron chi connectivity index (χ4n) is 3.69. The number of nitrogens with one attached hydrogen (secondary N) is 1. The second-order valence-corrected chi connectivity index (χ2v) is 6.38. The number of likely N-dealkylation sites (tertiary alicyclic amines) is 1. The summed E-state index contributed by atoms with van der Waals surface area (Å²) >= 11 is 0. The maximum absolute atomic E-state index is 12.8. The van der Waals surface area contributed by atoms with Gasteiger partial charge in [-0.3, -0.25) is 9.48 Å². The van der Waals surface area contributed by atoms with Gasteiger partial charge in [0.2, 0.25) is 0 Å². The van der Waals surface area contributed by atoms with Crippen molar-refractivity contribution in [1.82, 2.24) is 20.0 Å². The zero-order chi connectivity index (χ0) is 14.8. The van der Waals surface area contributed by atoms with Crippen molar-refractivity contribution in [2.45, 2.75) is 64.1 Å². The minimum Gasteiger partial charge on any atom is -0.332 e. The van der Waals surface area contributed by atoms with E-state index in [2.05, 4.69) is 24.3 Å². The van der Waals surface area contributed by atoms with E-state index in [0.29, 0.717) is 23.8 Å². The van der Waals surface area contributed by atoms with Gasteiger partial charge in [0.05, 0.1) is 6.04 Å². The molecule has 3 atom stereocenters. The molecule has 1 aromatic heterocycles. The van der Waals surface area contributed by atoms with Gasteiger partial charge in [-0.2, -0.15) is 5.10 Å². The molecule has 3 heterocycles. The maximum atomic E-state index is 12.8. The highest BCUT2D eigenvalue weighted by Crippen LogP contribution is 2.27. The molecule has 2 aliphatic rings. The van der Waals surface area contributed by atoms with Crippen LogP contribution in [-0.2, 0) is 0 Å². The average Bonchev–Trinajstić information content (AvgIpc) is 3.14. The fraction of sp³-hybridized carbons (Fsp3) is 0.750. The number of amides is 1. The molecule has 0 aliphatic carbocycles. The first kappa shape index (κ1) is 14.6.